The molecule has 1 heterocycles. The van der Waals surface area contributed by atoms with E-state index in [0.29, 0.717) is 12.6 Å². The molecule has 0 aromatic heterocycles. The smallest absolute Gasteiger partial charge is 0.279 e. The Bertz CT molecular complexity index is 754. The Balaban J connectivity index is 1.49. The topological polar surface area (TPSA) is 38.0 Å². The minimum atomic E-state index is -0.189. The number of aryl methyl sites for hydroxylation is 1. The molecule has 0 bridgehead atoms. The number of carbonyl (C=O) groups is 1. The molecule has 2 aromatic rings. The Morgan fingerprint density at radius 3 is 2.41 bits per heavy atom. The highest BCUT2D eigenvalue weighted by atomic mass is 19.1. The van der Waals surface area contributed by atoms with Crippen LogP contribution in [0.1, 0.15) is 31.0 Å². The van der Waals surface area contributed by atoms with Gasteiger partial charge in [-0.05, 0) is 37.1 Å². The van der Waals surface area contributed by atoms with Crippen molar-refractivity contribution < 1.29 is 19.0 Å². The molecule has 0 spiro atoms. The first-order valence-electron chi connectivity index (χ1n) is 9.88. The van der Waals surface area contributed by atoms with Crippen molar-refractivity contribution in [2.24, 2.45) is 0 Å². The molecule has 1 amide bonds. The summed E-state index contributed by atoms with van der Waals surface area (Å²) < 4.78 is 13.1. The lowest BCUT2D eigenvalue weighted by Crippen LogP contribution is -3.28. The van der Waals surface area contributed by atoms with E-state index in [9.17, 15) is 9.18 Å². The predicted molar refractivity (Wildman–Crippen MR) is 106 cm³/mol. The molecule has 144 valence electrons. The summed E-state index contributed by atoms with van der Waals surface area (Å²) in [6.45, 7) is 8.80. The van der Waals surface area contributed by atoms with Crippen molar-refractivity contribution in [2.45, 2.75) is 26.3 Å². The van der Waals surface area contributed by atoms with Gasteiger partial charge in [0.1, 0.15) is 38.0 Å². The third-order valence-electron chi connectivity index (χ3n) is 5.66. The predicted octanol–water partition coefficient (Wildman–Crippen LogP) is 0.871. The van der Waals surface area contributed by atoms with Crippen LogP contribution in [0.4, 0.5) is 10.1 Å². The van der Waals surface area contributed by atoms with Gasteiger partial charge in [-0.1, -0.05) is 37.3 Å². The Labute approximate surface area is 161 Å². The van der Waals surface area contributed by atoms with Gasteiger partial charge in [0, 0.05) is 11.3 Å². The summed E-state index contributed by atoms with van der Waals surface area (Å²) in [4.78, 5) is 15.3. The second kappa shape index (κ2) is 9.11. The van der Waals surface area contributed by atoms with Crippen molar-refractivity contribution >= 4 is 11.6 Å². The van der Waals surface area contributed by atoms with Crippen LogP contribution in [0.2, 0.25) is 0 Å². The van der Waals surface area contributed by atoms with Gasteiger partial charge in [0.05, 0.1) is 0 Å². The number of halogens is 1. The number of carbonyl (C=O) groups excluding carboxylic acids is 1. The van der Waals surface area contributed by atoms with E-state index < -0.39 is 0 Å². The lowest BCUT2D eigenvalue weighted by molar-refractivity contribution is -1.02. The van der Waals surface area contributed by atoms with E-state index in [4.69, 9.17) is 0 Å². The highest BCUT2D eigenvalue weighted by Crippen LogP contribution is 2.15. The number of nitrogens with one attached hydrogen (secondary N) is 3. The number of piperazine rings is 1. The van der Waals surface area contributed by atoms with E-state index in [1.54, 1.807) is 0 Å². The maximum atomic E-state index is 13.1. The SMILES string of the molecule is CCc1ccccc1NC(=O)C[NH+]1CC[NH+]([C@H](C)c2ccc(F)cc2)CC1. The van der Waals surface area contributed by atoms with Gasteiger partial charge in [-0.3, -0.25) is 4.79 Å². The summed E-state index contributed by atoms with van der Waals surface area (Å²) >= 11 is 0. The number of anilines is 1. The Hall–Kier alpha value is -2.24. The summed E-state index contributed by atoms with van der Waals surface area (Å²) in [5.74, 6) is -0.105. The molecular weight excluding hydrogens is 341 g/mol. The highest BCUT2D eigenvalue weighted by Gasteiger charge is 2.29. The van der Waals surface area contributed by atoms with Crippen LogP contribution in [0.25, 0.3) is 0 Å². The number of para-hydroxylation sites is 1. The van der Waals surface area contributed by atoms with Crippen molar-refractivity contribution in [1.82, 2.24) is 0 Å². The molecule has 0 radical (unpaired) electrons. The Morgan fingerprint density at radius 1 is 1.07 bits per heavy atom. The third kappa shape index (κ3) is 5.15. The third-order valence-corrected chi connectivity index (χ3v) is 5.66. The lowest BCUT2D eigenvalue weighted by Gasteiger charge is -2.33. The largest absolute Gasteiger partial charge is 0.321 e. The zero-order chi connectivity index (χ0) is 19.2. The van der Waals surface area contributed by atoms with Crippen molar-refractivity contribution in [3.8, 4) is 0 Å². The molecule has 1 atom stereocenters. The number of amides is 1. The fraction of sp³-hybridized carbons (Fsp3) is 0.409. The Morgan fingerprint density at radius 2 is 1.74 bits per heavy atom. The van der Waals surface area contributed by atoms with Crippen LogP contribution < -0.4 is 15.1 Å². The molecule has 2 aromatic carbocycles. The average Bonchev–Trinajstić information content (AvgIpc) is 2.69. The fourth-order valence-electron chi connectivity index (χ4n) is 3.89. The van der Waals surface area contributed by atoms with E-state index in [-0.39, 0.29) is 11.7 Å². The first kappa shape index (κ1) is 19.5. The second-order valence-corrected chi connectivity index (χ2v) is 7.42. The number of hydrogen-bond donors (Lipinski definition) is 3. The van der Waals surface area contributed by atoms with E-state index in [2.05, 4.69) is 25.2 Å². The fourth-order valence-corrected chi connectivity index (χ4v) is 3.89. The molecule has 1 fully saturated rings. The number of rotatable bonds is 6. The number of benzene rings is 2. The van der Waals surface area contributed by atoms with Crippen LogP contribution in [0.3, 0.4) is 0 Å². The van der Waals surface area contributed by atoms with Gasteiger partial charge in [0.2, 0.25) is 0 Å². The van der Waals surface area contributed by atoms with E-state index in [1.165, 1.54) is 33.1 Å². The van der Waals surface area contributed by atoms with Gasteiger partial charge < -0.3 is 15.1 Å². The average molecular weight is 372 g/mol. The standard InChI is InChI=1S/C22H28FN3O/c1-3-18-6-4-5-7-21(18)24-22(27)16-25-12-14-26(15-13-25)17(2)19-8-10-20(23)11-9-19/h4-11,17H,3,12-16H2,1-2H3,(H,24,27)/p+2/t17-/m1/s1. The van der Waals surface area contributed by atoms with Gasteiger partial charge in [-0.25, -0.2) is 4.39 Å². The number of quaternary nitrogens is 2. The summed E-state index contributed by atoms with van der Waals surface area (Å²) in [5.41, 5.74) is 3.27. The first-order chi connectivity index (χ1) is 13.1. The summed E-state index contributed by atoms with van der Waals surface area (Å²) in [7, 11) is 0. The minimum absolute atomic E-state index is 0.0842. The summed E-state index contributed by atoms with van der Waals surface area (Å²) in [6.07, 6.45) is 0.909. The van der Waals surface area contributed by atoms with E-state index in [0.717, 1.165) is 38.3 Å². The molecule has 5 heteroatoms. The van der Waals surface area contributed by atoms with Crippen molar-refractivity contribution in [3.05, 3.63) is 65.5 Å². The van der Waals surface area contributed by atoms with Gasteiger partial charge in [0.25, 0.3) is 5.91 Å². The lowest BCUT2D eigenvalue weighted by atomic mass is 10.1. The van der Waals surface area contributed by atoms with Crippen LogP contribution >= 0.6 is 0 Å². The zero-order valence-corrected chi connectivity index (χ0v) is 16.2. The Kier molecular flexibility index (Phi) is 6.58. The molecule has 3 rings (SSSR count). The normalized spacial score (nSPS) is 20.9. The van der Waals surface area contributed by atoms with E-state index >= 15 is 0 Å². The molecule has 0 unspecified atom stereocenters. The van der Waals surface area contributed by atoms with Gasteiger partial charge in [-0.2, -0.15) is 0 Å². The highest BCUT2D eigenvalue weighted by molar-refractivity contribution is 5.92. The molecule has 27 heavy (non-hydrogen) atoms. The van der Waals surface area contributed by atoms with Crippen LogP contribution in [0, 0.1) is 5.82 Å². The van der Waals surface area contributed by atoms with Crippen molar-refractivity contribution in [2.75, 3.05) is 38.0 Å². The maximum absolute atomic E-state index is 13.1. The summed E-state index contributed by atoms with van der Waals surface area (Å²) in [6, 6.07) is 15.2. The quantitative estimate of drug-likeness (QED) is 0.693. The minimum Gasteiger partial charge on any atom is -0.321 e. The summed E-state index contributed by atoms with van der Waals surface area (Å²) in [5, 5.41) is 3.07. The molecular formula is C22H30FN3O+2. The van der Waals surface area contributed by atoms with Crippen molar-refractivity contribution in [1.29, 1.82) is 0 Å². The van der Waals surface area contributed by atoms with Crippen LogP contribution in [-0.4, -0.2) is 38.6 Å². The van der Waals surface area contributed by atoms with Crippen LogP contribution in [0.5, 0.6) is 0 Å². The monoisotopic (exact) mass is 371 g/mol. The van der Waals surface area contributed by atoms with Gasteiger partial charge in [-0.15, -0.1) is 0 Å². The van der Waals surface area contributed by atoms with Crippen molar-refractivity contribution in [3.63, 3.8) is 0 Å². The number of hydrogen-bond acceptors (Lipinski definition) is 1. The molecule has 0 aliphatic carbocycles. The second-order valence-electron chi connectivity index (χ2n) is 7.42. The molecule has 0 saturated carbocycles. The molecule has 1 aliphatic heterocycles. The van der Waals surface area contributed by atoms with E-state index in [1.807, 2.05) is 30.3 Å². The molecule has 1 aliphatic rings. The zero-order valence-electron chi connectivity index (χ0n) is 16.2. The molecule has 3 N–H and O–H groups in total. The van der Waals surface area contributed by atoms with Crippen LogP contribution in [-0.2, 0) is 11.2 Å². The van der Waals surface area contributed by atoms with Crippen LogP contribution in [0.15, 0.2) is 48.5 Å². The molecule has 1 saturated heterocycles. The molecule has 4 nitrogen and oxygen atoms in total. The maximum Gasteiger partial charge on any atom is 0.279 e. The first-order valence-corrected chi connectivity index (χ1v) is 9.88. The van der Waals surface area contributed by atoms with Gasteiger partial charge >= 0.3 is 0 Å². The van der Waals surface area contributed by atoms with Gasteiger partial charge in [0.15, 0.2) is 6.54 Å².